The Bertz CT molecular complexity index is 757. The van der Waals surface area contributed by atoms with Crippen LogP contribution in [-0.2, 0) is 0 Å². The molecule has 0 atom stereocenters. The fourth-order valence-corrected chi connectivity index (χ4v) is 1.97. The summed E-state index contributed by atoms with van der Waals surface area (Å²) in [6, 6.07) is 11.9. The van der Waals surface area contributed by atoms with Gasteiger partial charge in [-0.05, 0) is 32.0 Å². The molecule has 0 aliphatic heterocycles. The minimum absolute atomic E-state index is 0.701. The summed E-state index contributed by atoms with van der Waals surface area (Å²) in [6.45, 7) is 3.74. The Balaban J connectivity index is 1.80. The van der Waals surface area contributed by atoms with Crippen molar-refractivity contribution in [3.63, 3.8) is 0 Å². The Morgan fingerprint density at radius 2 is 2.00 bits per heavy atom. The van der Waals surface area contributed by atoms with E-state index in [2.05, 4.69) is 20.7 Å². The highest BCUT2D eigenvalue weighted by Gasteiger charge is 2.05. The number of benzene rings is 1. The lowest BCUT2D eigenvalue weighted by molar-refractivity contribution is 0.393. The van der Waals surface area contributed by atoms with E-state index in [-0.39, 0.29) is 0 Å². The lowest BCUT2D eigenvalue weighted by atomic mass is 10.2. The normalized spacial score (nSPS) is 11.3. The lowest BCUT2D eigenvalue weighted by Gasteiger charge is -2.01. The quantitative estimate of drug-likeness (QED) is 0.583. The number of fused-ring (bicyclic) bond motifs is 1. The molecule has 0 spiro atoms. The van der Waals surface area contributed by atoms with Crippen LogP contribution in [-0.4, -0.2) is 16.4 Å². The van der Waals surface area contributed by atoms with Crippen molar-refractivity contribution < 1.29 is 4.52 Å². The number of para-hydroxylation sites is 1. The molecule has 0 aliphatic carbocycles. The third-order valence-electron chi connectivity index (χ3n) is 3.06. The first-order valence-corrected chi connectivity index (χ1v) is 6.32. The van der Waals surface area contributed by atoms with Gasteiger partial charge in [0.1, 0.15) is 11.6 Å². The predicted octanol–water partition coefficient (Wildman–Crippen LogP) is 3.29. The topological polar surface area (TPSA) is 63.3 Å². The molecule has 3 rings (SSSR count). The summed E-state index contributed by atoms with van der Waals surface area (Å²) in [4.78, 5) is 4.47. The Hall–Kier alpha value is -2.69. The molecule has 2 aromatic heterocycles. The fraction of sp³-hybridized carbons (Fsp3) is 0.133. The van der Waals surface area contributed by atoms with E-state index in [9.17, 15) is 0 Å². The molecule has 5 nitrogen and oxygen atoms in total. The highest BCUT2D eigenvalue weighted by molar-refractivity contribution is 5.83. The molecule has 0 saturated heterocycles. The van der Waals surface area contributed by atoms with Gasteiger partial charge in [0.2, 0.25) is 0 Å². The van der Waals surface area contributed by atoms with Gasteiger partial charge >= 0.3 is 0 Å². The van der Waals surface area contributed by atoms with Gasteiger partial charge in [-0.3, -0.25) is 5.43 Å². The number of nitrogens with zero attached hydrogens (tertiary/aromatic N) is 3. The van der Waals surface area contributed by atoms with Crippen molar-refractivity contribution in [1.82, 2.24) is 10.1 Å². The molecule has 0 radical (unpaired) electrons. The number of hydrogen-bond acceptors (Lipinski definition) is 5. The number of aryl methyl sites for hydroxylation is 2. The zero-order chi connectivity index (χ0) is 13.9. The number of nitrogens with one attached hydrogen (secondary N) is 1. The van der Waals surface area contributed by atoms with E-state index >= 15 is 0 Å². The smallest absolute Gasteiger partial charge is 0.146 e. The molecule has 0 saturated carbocycles. The van der Waals surface area contributed by atoms with E-state index in [1.54, 1.807) is 6.21 Å². The average molecular weight is 266 g/mol. The summed E-state index contributed by atoms with van der Waals surface area (Å²) < 4.78 is 5.07. The maximum Gasteiger partial charge on any atom is 0.146 e. The van der Waals surface area contributed by atoms with Gasteiger partial charge in [0.25, 0.3) is 0 Å². The van der Waals surface area contributed by atoms with Crippen LogP contribution in [0.15, 0.2) is 46.0 Å². The standard InChI is InChI=1S/C15H14N4O/c1-10-13(11(2)20-19-10)9-16-18-15-8-7-12-5-3-4-6-14(12)17-15/h3-9H,1-2H3,(H,17,18)/b16-9+. The summed E-state index contributed by atoms with van der Waals surface area (Å²) in [5.41, 5.74) is 5.56. The molecule has 1 N–H and O–H groups in total. The first-order valence-electron chi connectivity index (χ1n) is 6.32. The molecule has 0 unspecified atom stereocenters. The van der Waals surface area contributed by atoms with E-state index in [0.29, 0.717) is 5.82 Å². The highest BCUT2D eigenvalue weighted by atomic mass is 16.5. The summed E-state index contributed by atoms with van der Waals surface area (Å²) in [5, 5.41) is 9.15. The van der Waals surface area contributed by atoms with Crippen LogP contribution in [0.25, 0.3) is 10.9 Å². The van der Waals surface area contributed by atoms with Crippen molar-refractivity contribution in [3.05, 3.63) is 53.4 Å². The minimum atomic E-state index is 0.701. The predicted molar refractivity (Wildman–Crippen MR) is 78.9 cm³/mol. The van der Waals surface area contributed by atoms with Crippen LogP contribution in [0, 0.1) is 13.8 Å². The summed E-state index contributed by atoms with van der Waals surface area (Å²) in [7, 11) is 0. The van der Waals surface area contributed by atoms with Crippen molar-refractivity contribution >= 4 is 22.9 Å². The number of hydrogen-bond donors (Lipinski definition) is 1. The van der Waals surface area contributed by atoms with Crippen molar-refractivity contribution in [3.8, 4) is 0 Å². The monoisotopic (exact) mass is 266 g/mol. The Kier molecular flexibility index (Phi) is 3.16. The van der Waals surface area contributed by atoms with Gasteiger partial charge in [-0.15, -0.1) is 0 Å². The molecular weight excluding hydrogens is 252 g/mol. The Morgan fingerprint density at radius 3 is 2.80 bits per heavy atom. The molecule has 2 heterocycles. The largest absolute Gasteiger partial charge is 0.361 e. The van der Waals surface area contributed by atoms with E-state index in [1.807, 2.05) is 50.2 Å². The average Bonchev–Trinajstić information content (AvgIpc) is 2.79. The highest BCUT2D eigenvalue weighted by Crippen LogP contribution is 2.14. The van der Waals surface area contributed by atoms with E-state index < -0.39 is 0 Å². The summed E-state index contributed by atoms with van der Waals surface area (Å²) >= 11 is 0. The molecule has 5 heteroatoms. The van der Waals surface area contributed by atoms with Gasteiger partial charge in [0, 0.05) is 5.39 Å². The number of anilines is 1. The lowest BCUT2D eigenvalue weighted by Crippen LogP contribution is -1.94. The molecule has 3 aromatic rings. The van der Waals surface area contributed by atoms with Gasteiger partial charge < -0.3 is 4.52 Å². The number of rotatable bonds is 3. The SMILES string of the molecule is Cc1noc(C)c1/C=N/Nc1ccc2ccccc2n1. The van der Waals surface area contributed by atoms with Crippen LogP contribution in [0.3, 0.4) is 0 Å². The van der Waals surface area contributed by atoms with Crippen LogP contribution >= 0.6 is 0 Å². The number of hydrazone groups is 1. The molecule has 0 bridgehead atoms. The molecule has 100 valence electrons. The fourth-order valence-electron chi connectivity index (χ4n) is 1.97. The van der Waals surface area contributed by atoms with Gasteiger partial charge in [0.05, 0.1) is 23.0 Å². The number of aromatic nitrogens is 2. The molecule has 1 aromatic carbocycles. The Morgan fingerprint density at radius 1 is 1.15 bits per heavy atom. The van der Waals surface area contributed by atoms with E-state index in [1.165, 1.54) is 0 Å². The van der Waals surface area contributed by atoms with Crippen LogP contribution in [0.1, 0.15) is 17.0 Å². The van der Waals surface area contributed by atoms with Crippen molar-refractivity contribution in [2.24, 2.45) is 5.10 Å². The zero-order valence-corrected chi connectivity index (χ0v) is 11.3. The molecular formula is C15H14N4O. The second-order valence-electron chi connectivity index (χ2n) is 4.50. The third kappa shape index (κ3) is 2.38. The molecule has 0 fully saturated rings. The first-order chi connectivity index (χ1) is 9.74. The van der Waals surface area contributed by atoms with Gasteiger partial charge in [-0.1, -0.05) is 23.4 Å². The van der Waals surface area contributed by atoms with Gasteiger partial charge in [0.15, 0.2) is 0 Å². The summed E-state index contributed by atoms with van der Waals surface area (Å²) in [5.74, 6) is 1.45. The van der Waals surface area contributed by atoms with Gasteiger partial charge in [-0.25, -0.2) is 4.98 Å². The minimum Gasteiger partial charge on any atom is -0.361 e. The maximum atomic E-state index is 5.07. The van der Waals surface area contributed by atoms with Crippen LogP contribution < -0.4 is 5.43 Å². The van der Waals surface area contributed by atoms with Crippen molar-refractivity contribution in [2.45, 2.75) is 13.8 Å². The van der Waals surface area contributed by atoms with Crippen LogP contribution in [0.5, 0.6) is 0 Å². The molecule has 20 heavy (non-hydrogen) atoms. The second-order valence-corrected chi connectivity index (χ2v) is 4.50. The van der Waals surface area contributed by atoms with Crippen LogP contribution in [0.4, 0.5) is 5.82 Å². The molecule has 0 amide bonds. The van der Waals surface area contributed by atoms with E-state index in [4.69, 9.17) is 4.52 Å². The van der Waals surface area contributed by atoms with Crippen LogP contribution in [0.2, 0.25) is 0 Å². The molecule has 0 aliphatic rings. The van der Waals surface area contributed by atoms with Crippen molar-refractivity contribution in [2.75, 3.05) is 5.43 Å². The third-order valence-corrected chi connectivity index (χ3v) is 3.06. The Labute approximate surface area is 116 Å². The second kappa shape index (κ2) is 5.13. The van der Waals surface area contributed by atoms with E-state index in [0.717, 1.165) is 27.9 Å². The zero-order valence-electron chi connectivity index (χ0n) is 11.3. The first kappa shape index (κ1) is 12.3. The summed E-state index contributed by atoms with van der Waals surface area (Å²) in [6.07, 6.45) is 1.69. The number of pyridine rings is 1. The van der Waals surface area contributed by atoms with Crippen molar-refractivity contribution in [1.29, 1.82) is 0 Å². The maximum absolute atomic E-state index is 5.07. The van der Waals surface area contributed by atoms with Gasteiger partial charge in [-0.2, -0.15) is 5.10 Å².